The van der Waals surface area contributed by atoms with E-state index in [0.717, 1.165) is 27.0 Å². The third-order valence-corrected chi connectivity index (χ3v) is 7.24. The van der Waals surface area contributed by atoms with Gasteiger partial charge in [-0.1, -0.05) is 18.2 Å². The van der Waals surface area contributed by atoms with Crippen molar-refractivity contribution in [3.05, 3.63) is 93.1 Å². The highest BCUT2D eigenvalue weighted by atomic mass is 127. The molecule has 0 saturated carbocycles. The summed E-state index contributed by atoms with van der Waals surface area (Å²) in [4.78, 5) is 17.0. The number of rotatable bonds is 6. The molecule has 0 aliphatic carbocycles. The van der Waals surface area contributed by atoms with Crippen LogP contribution >= 0.6 is 33.9 Å². The fourth-order valence-corrected chi connectivity index (χ4v) is 4.93. The molecule has 0 fully saturated rings. The lowest BCUT2D eigenvalue weighted by Crippen LogP contribution is -2.15. The molecule has 0 atom stereocenters. The number of carbonyl (C=O) groups is 1. The molecule has 0 radical (unpaired) electrons. The van der Waals surface area contributed by atoms with Crippen molar-refractivity contribution in [1.82, 2.24) is 4.98 Å². The molecule has 3 aromatic carbocycles. The van der Waals surface area contributed by atoms with Crippen LogP contribution in [0.1, 0.15) is 10.4 Å². The number of halogens is 2. The van der Waals surface area contributed by atoms with Gasteiger partial charge >= 0.3 is 0 Å². The number of nitrogens with zero attached hydrogens (tertiary/aromatic N) is 1. The van der Waals surface area contributed by atoms with Crippen LogP contribution in [-0.4, -0.2) is 19.3 Å². The Morgan fingerprint density at radius 2 is 1.72 bits per heavy atom. The summed E-state index contributed by atoms with van der Waals surface area (Å²) in [6, 6.07) is 18.4. The molecule has 1 heterocycles. The average Bonchev–Trinajstić information content (AvgIpc) is 3.23. The van der Waals surface area contributed by atoms with E-state index in [-0.39, 0.29) is 16.1 Å². The van der Waals surface area contributed by atoms with E-state index in [2.05, 4.69) is 37.6 Å². The third kappa shape index (κ3) is 5.31. The Morgan fingerprint density at radius 3 is 2.44 bits per heavy atom. The largest absolute Gasteiger partial charge is 0.298 e. The normalized spacial score (nSPS) is 11.2. The van der Waals surface area contributed by atoms with Gasteiger partial charge in [0.1, 0.15) is 5.82 Å². The molecular weight excluding hydrogens is 564 g/mol. The molecular formula is C22H15FIN3O3S2. The first-order chi connectivity index (χ1) is 15.3. The topological polar surface area (TPSA) is 88.2 Å². The highest BCUT2D eigenvalue weighted by molar-refractivity contribution is 14.1. The zero-order valence-corrected chi connectivity index (χ0v) is 20.0. The second-order valence-corrected chi connectivity index (χ2v) is 10.4. The molecule has 10 heteroatoms. The maximum Gasteiger partial charge on any atom is 0.261 e. The first kappa shape index (κ1) is 22.4. The van der Waals surface area contributed by atoms with Gasteiger partial charge in [-0.15, -0.1) is 11.3 Å². The van der Waals surface area contributed by atoms with Crippen molar-refractivity contribution in [2.24, 2.45) is 0 Å². The van der Waals surface area contributed by atoms with E-state index in [1.807, 2.05) is 29.6 Å². The van der Waals surface area contributed by atoms with Crippen LogP contribution in [0, 0.1) is 9.39 Å². The van der Waals surface area contributed by atoms with Gasteiger partial charge in [-0.05, 0) is 77.2 Å². The SMILES string of the molecule is O=C(Nc1nc(-c2ccc(I)cc2)cs1)c1cccc(NS(=O)(=O)c2ccc(F)cc2)c1. The molecule has 0 saturated heterocycles. The Balaban J connectivity index is 1.48. The van der Waals surface area contributed by atoms with Crippen molar-refractivity contribution in [3.63, 3.8) is 0 Å². The van der Waals surface area contributed by atoms with Crippen LogP contribution in [0.4, 0.5) is 15.2 Å². The van der Waals surface area contributed by atoms with Crippen LogP contribution in [0.15, 0.2) is 83.1 Å². The smallest absolute Gasteiger partial charge is 0.261 e. The first-order valence-corrected chi connectivity index (χ1v) is 12.7. The summed E-state index contributed by atoms with van der Waals surface area (Å²) in [5.74, 6) is -0.952. The van der Waals surface area contributed by atoms with Gasteiger partial charge in [0, 0.05) is 25.8 Å². The molecule has 4 rings (SSSR count). The van der Waals surface area contributed by atoms with Gasteiger partial charge < -0.3 is 0 Å². The van der Waals surface area contributed by atoms with Crippen LogP contribution in [0.5, 0.6) is 0 Å². The minimum absolute atomic E-state index is 0.0836. The summed E-state index contributed by atoms with van der Waals surface area (Å²) < 4.78 is 41.6. The number of hydrogen-bond donors (Lipinski definition) is 2. The maximum atomic E-state index is 13.1. The van der Waals surface area contributed by atoms with Gasteiger partial charge in [0.05, 0.1) is 10.6 Å². The Kier molecular flexibility index (Phi) is 6.53. The van der Waals surface area contributed by atoms with Crippen molar-refractivity contribution in [2.45, 2.75) is 4.90 Å². The fraction of sp³-hybridized carbons (Fsp3) is 0. The zero-order valence-electron chi connectivity index (χ0n) is 16.2. The van der Waals surface area contributed by atoms with Crippen LogP contribution in [0.2, 0.25) is 0 Å². The number of nitrogens with one attached hydrogen (secondary N) is 2. The lowest BCUT2D eigenvalue weighted by atomic mass is 10.2. The first-order valence-electron chi connectivity index (χ1n) is 9.21. The van der Waals surface area contributed by atoms with E-state index in [1.54, 1.807) is 12.1 Å². The number of amides is 1. The second-order valence-electron chi connectivity index (χ2n) is 6.64. The van der Waals surface area contributed by atoms with Gasteiger partial charge in [-0.2, -0.15) is 0 Å². The minimum atomic E-state index is -3.92. The van der Waals surface area contributed by atoms with E-state index in [4.69, 9.17) is 0 Å². The van der Waals surface area contributed by atoms with Gasteiger partial charge in [-0.25, -0.2) is 17.8 Å². The van der Waals surface area contributed by atoms with E-state index < -0.39 is 21.7 Å². The van der Waals surface area contributed by atoms with Gasteiger partial charge in [0.15, 0.2) is 5.13 Å². The maximum absolute atomic E-state index is 13.1. The third-order valence-electron chi connectivity index (χ3n) is 4.37. The summed E-state index contributed by atoms with van der Waals surface area (Å²) in [7, 11) is -3.92. The molecule has 1 aromatic heterocycles. The molecule has 4 aromatic rings. The van der Waals surface area contributed by atoms with E-state index in [1.165, 1.54) is 35.6 Å². The number of sulfonamides is 1. The predicted octanol–water partition coefficient (Wildman–Crippen LogP) is 5.61. The monoisotopic (exact) mass is 579 g/mol. The number of anilines is 2. The van der Waals surface area contributed by atoms with Gasteiger partial charge in [0.25, 0.3) is 15.9 Å². The molecule has 162 valence electrons. The molecule has 0 bridgehead atoms. The number of benzene rings is 3. The van der Waals surface area contributed by atoms with E-state index in [0.29, 0.717) is 5.13 Å². The summed E-state index contributed by atoms with van der Waals surface area (Å²) in [6.45, 7) is 0. The lowest BCUT2D eigenvalue weighted by molar-refractivity contribution is 0.102. The van der Waals surface area contributed by atoms with E-state index in [9.17, 15) is 17.6 Å². The molecule has 6 nitrogen and oxygen atoms in total. The number of aromatic nitrogens is 1. The molecule has 0 unspecified atom stereocenters. The summed E-state index contributed by atoms with van der Waals surface area (Å²) in [5.41, 5.74) is 2.16. The van der Waals surface area contributed by atoms with Crippen molar-refractivity contribution in [1.29, 1.82) is 0 Å². The van der Waals surface area contributed by atoms with Crippen molar-refractivity contribution >= 4 is 60.7 Å². The number of thiazole rings is 1. The Morgan fingerprint density at radius 1 is 1.00 bits per heavy atom. The molecule has 0 aliphatic heterocycles. The van der Waals surface area contributed by atoms with Crippen LogP contribution in [0.25, 0.3) is 11.3 Å². The zero-order chi connectivity index (χ0) is 22.7. The van der Waals surface area contributed by atoms with Crippen LogP contribution < -0.4 is 10.0 Å². The van der Waals surface area contributed by atoms with Crippen LogP contribution in [-0.2, 0) is 10.0 Å². The highest BCUT2D eigenvalue weighted by Crippen LogP contribution is 2.26. The fourth-order valence-electron chi connectivity index (χ4n) is 2.81. The highest BCUT2D eigenvalue weighted by Gasteiger charge is 2.16. The number of carbonyl (C=O) groups excluding carboxylic acids is 1. The Bertz CT molecular complexity index is 1370. The van der Waals surface area contributed by atoms with Gasteiger partial charge in [0.2, 0.25) is 0 Å². The summed E-state index contributed by atoms with van der Waals surface area (Å²) >= 11 is 3.52. The quantitative estimate of drug-likeness (QED) is 0.291. The second kappa shape index (κ2) is 9.35. The number of hydrogen-bond acceptors (Lipinski definition) is 5. The Hall–Kier alpha value is -2.83. The standard InChI is InChI=1S/C22H15FIN3O3S2/c23-16-6-10-19(11-7-16)32(29,30)27-18-3-1-2-15(12-18)21(28)26-22-25-20(13-31-22)14-4-8-17(24)9-5-14/h1-13,27H,(H,25,26,28). The molecule has 1 amide bonds. The predicted molar refractivity (Wildman–Crippen MR) is 132 cm³/mol. The molecule has 0 aliphatic rings. The summed E-state index contributed by atoms with van der Waals surface area (Å²) in [6.07, 6.45) is 0. The lowest BCUT2D eigenvalue weighted by Gasteiger charge is -2.09. The molecule has 32 heavy (non-hydrogen) atoms. The summed E-state index contributed by atoms with van der Waals surface area (Å²) in [5, 5.41) is 5.02. The molecule has 0 spiro atoms. The average molecular weight is 579 g/mol. The van der Waals surface area contributed by atoms with Crippen molar-refractivity contribution in [2.75, 3.05) is 10.0 Å². The minimum Gasteiger partial charge on any atom is -0.298 e. The Labute approximate surface area is 201 Å². The van der Waals surface area contributed by atoms with Crippen molar-refractivity contribution in [3.8, 4) is 11.3 Å². The molecule has 2 N–H and O–H groups in total. The van der Waals surface area contributed by atoms with Gasteiger partial charge in [-0.3, -0.25) is 14.8 Å². The van der Waals surface area contributed by atoms with E-state index >= 15 is 0 Å². The van der Waals surface area contributed by atoms with Crippen LogP contribution in [0.3, 0.4) is 0 Å². The van der Waals surface area contributed by atoms with Crippen molar-refractivity contribution < 1.29 is 17.6 Å².